The first kappa shape index (κ1) is 14.5. The van der Waals surface area contributed by atoms with Crippen LogP contribution in [0, 0.1) is 0 Å². The number of hydrogen-bond donors (Lipinski definition) is 1. The topological polar surface area (TPSA) is 55.6 Å². The van der Waals surface area contributed by atoms with Crippen LogP contribution in [0.4, 0.5) is 5.69 Å². The Labute approximate surface area is 142 Å². The van der Waals surface area contributed by atoms with Gasteiger partial charge < -0.3 is 10.1 Å². The van der Waals surface area contributed by atoms with Crippen molar-refractivity contribution in [2.24, 2.45) is 0 Å². The molecule has 2 aromatic heterocycles. The largest absolute Gasteiger partial charge is 0.457 e. The monoisotopic (exact) mass is 335 g/mol. The first-order chi connectivity index (χ1) is 11.8. The van der Waals surface area contributed by atoms with Crippen LogP contribution in [0.5, 0.6) is 11.5 Å². The van der Waals surface area contributed by atoms with E-state index in [1.807, 2.05) is 54.6 Å². The summed E-state index contributed by atoms with van der Waals surface area (Å²) >= 11 is 1.43. The molecule has 2 heterocycles. The van der Waals surface area contributed by atoms with Crippen molar-refractivity contribution in [1.29, 1.82) is 0 Å². The number of fused-ring (bicyclic) bond motifs is 1. The fourth-order valence-electron chi connectivity index (χ4n) is 2.31. The number of nitrogens with one attached hydrogen (secondary N) is 1. The smallest absolute Gasteiger partial charge is 0.273 e. The van der Waals surface area contributed by atoms with Crippen molar-refractivity contribution < 1.29 is 9.53 Å². The second-order valence-electron chi connectivity index (χ2n) is 5.09. The molecule has 0 spiro atoms. The number of para-hydroxylation sites is 1. The molecule has 0 fully saturated rings. The molecule has 0 radical (unpaired) electrons. The first-order valence-electron chi connectivity index (χ1n) is 7.34. The summed E-state index contributed by atoms with van der Waals surface area (Å²) in [5, 5.41) is 4.68. The SMILES string of the molecule is O=C(Nc1ccc(Oc2ccccc2)cc1)c1csc2nccn12. The standard InChI is InChI=1S/C18H13N3O2S/c22-17(16-12-24-18-19-10-11-21(16)18)20-13-6-8-15(9-7-13)23-14-4-2-1-3-5-14/h1-12H,(H,20,22). The van der Waals surface area contributed by atoms with Gasteiger partial charge in [-0.3, -0.25) is 9.20 Å². The maximum atomic E-state index is 12.4. The number of hydrogen-bond acceptors (Lipinski definition) is 4. The highest BCUT2D eigenvalue weighted by Crippen LogP contribution is 2.23. The molecule has 0 saturated carbocycles. The number of carbonyl (C=O) groups is 1. The van der Waals surface area contributed by atoms with Gasteiger partial charge in [0.1, 0.15) is 17.2 Å². The van der Waals surface area contributed by atoms with E-state index in [-0.39, 0.29) is 5.91 Å². The summed E-state index contributed by atoms with van der Waals surface area (Å²) < 4.78 is 7.51. The molecule has 4 aromatic rings. The lowest BCUT2D eigenvalue weighted by molar-refractivity contribution is 0.102. The minimum atomic E-state index is -0.170. The van der Waals surface area contributed by atoms with Crippen LogP contribution in [-0.4, -0.2) is 15.3 Å². The van der Waals surface area contributed by atoms with Crippen LogP contribution >= 0.6 is 11.3 Å². The van der Waals surface area contributed by atoms with Crippen LogP contribution < -0.4 is 10.1 Å². The molecule has 4 rings (SSSR count). The van der Waals surface area contributed by atoms with E-state index in [1.54, 1.807) is 22.2 Å². The number of ether oxygens (including phenoxy) is 1. The van der Waals surface area contributed by atoms with Crippen LogP contribution in [-0.2, 0) is 0 Å². The normalized spacial score (nSPS) is 10.7. The number of imidazole rings is 1. The number of anilines is 1. The minimum Gasteiger partial charge on any atom is -0.457 e. The molecule has 118 valence electrons. The van der Waals surface area contributed by atoms with Gasteiger partial charge in [-0.25, -0.2) is 4.98 Å². The van der Waals surface area contributed by atoms with Gasteiger partial charge in [-0.1, -0.05) is 18.2 Å². The summed E-state index contributed by atoms with van der Waals surface area (Å²) in [6, 6.07) is 16.8. The molecule has 0 saturated heterocycles. The maximum absolute atomic E-state index is 12.4. The third-order valence-corrected chi connectivity index (χ3v) is 4.32. The fraction of sp³-hybridized carbons (Fsp3) is 0. The maximum Gasteiger partial charge on any atom is 0.273 e. The van der Waals surface area contributed by atoms with Crippen molar-refractivity contribution in [2.45, 2.75) is 0 Å². The number of carbonyl (C=O) groups excluding carboxylic acids is 1. The molecule has 0 aliphatic heterocycles. The van der Waals surface area contributed by atoms with Gasteiger partial charge in [-0.2, -0.15) is 0 Å². The Hall–Kier alpha value is -3.12. The van der Waals surface area contributed by atoms with E-state index in [1.165, 1.54) is 11.3 Å². The van der Waals surface area contributed by atoms with Gasteiger partial charge in [0.05, 0.1) is 0 Å². The van der Waals surface area contributed by atoms with E-state index in [2.05, 4.69) is 10.3 Å². The Kier molecular flexibility index (Phi) is 3.72. The molecule has 0 atom stereocenters. The second kappa shape index (κ2) is 6.17. The highest BCUT2D eigenvalue weighted by atomic mass is 32.1. The lowest BCUT2D eigenvalue weighted by Gasteiger charge is -2.07. The van der Waals surface area contributed by atoms with Gasteiger partial charge >= 0.3 is 0 Å². The van der Waals surface area contributed by atoms with E-state index in [0.717, 1.165) is 10.7 Å². The summed E-state index contributed by atoms with van der Waals surface area (Å²) in [6.45, 7) is 0. The molecule has 1 N–H and O–H groups in total. The van der Waals surface area contributed by atoms with Crippen LogP contribution in [0.1, 0.15) is 10.5 Å². The molecule has 0 bridgehead atoms. The predicted octanol–water partition coefficient (Wildman–Crippen LogP) is 4.44. The third-order valence-electron chi connectivity index (χ3n) is 3.47. The zero-order chi connectivity index (χ0) is 16.4. The Morgan fingerprint density at radius 2 is 1.79 bits per heavy atom. The number of amides is 1. The first-order valence-corrected chi connectivity index (χ1v) is 8.22. The highest BCUT2D eigenvalue weighted by molar-refractivity contribution is 7.15. The molecule has 2 aromatic carbocycles. The molecule has 0 aliphatic carbocycles. The van der Waals surface area contributed by atoms with Crippen LogP contribution in [0.2, 0.25) is 0 Å². The number of nitrogens with zero attached hydrogens (tertiary/aromatic N) is 2. The van der Waals surface area contributed by atoms with Gasteiger partial charge in [0.2, 0.25) is 0 Å². The average molecular weight is 335 g/mol. The van der Waals surface area contributed by atoms with E-state index < -0.39 is 0 Å². The van der Waals surface area contributed by atoms with Crippen LogP contribution in [0.25, 0.3) is 4.96 Å². The van der Waals surface area contributed by atoms with Gasteiger partial charge in [0.15, 0.2) is 4.96 Å². The molecule has 0 aliphatic rings. The van der Waals surface area contributed by atoms with Crippen molar-refractivity contribution in [3.63, 3.8) is 0 Å². The second-order valence-corrected chi connectivity index (χ2v) is 5.93. The molecular weight excluding hydrogens is 322 g/mol. The lowest BCUT2D eigenvalue weighted by Crippen LogP contribution is -2.13. The summed E-state index contributed by atoms with van der Waals surface area (Å²) in [4.78, 5) is 17.3. The number of rotatable bonds is 4. The van der Waals surface area contributed by atoms with E-state index >= 15 is 0 Å². The predicted molar refractivity (Wildman–Crippen MR) is 94.0 cm³/mol. The van der Waals surface area contributed by atoms with E-state index in [0.29, 0.717) is 17.1 Å². The Morgan fingerprint density at radius 3 is 2.58 bits per heavy atom. The zero-order valence-corrected chi connectivity index (χ0v) is 13.4. The van der Waals surface area contributed by atoms with Crippen molar-refractivity contribution in [3.05, 3.63) is 78.1 Å². The summed E-state index contributed by atoms with van der Waals surface area (Å²) in [6.07, 6.45) is 3.45. The Balaban J connectivity index is 1.47. The van der Waals surface area contributed by atoms with Gasteiger partial charge in [-0.15, -0.1) is 11.3 Å². The average Bonchev–Trinajstić information content (AvgIpc) is 3.21. The lowest BCUT2D eigenvalue weighted by atomic mass is 10.3. The summed E-state index contributed by atoms with van der Waals surface area (Å²) in [5.74, 6) is 1.32. The van der Waals surface area contributed by atoms with E-state index in [4.69, 9.17) is 4.74 Å². The van der Waals surface area contributed by atoms with Crippen LogP contribution in [0.3, 0.4) is 0 Å². The molecule has 24 heavy (non-hydrogen) atoms. The molecule has 0 unspecified atom stereocenters. The number of thiazole rings is 1. The van der Waals surface area contributed by atoms with Gasteiger partial charge in [-0.05, 0) is 36.4 Å². The fourth-order valence-corrected chi connectivity index (χ4v) is 3.15. The Bertz CT molecular complexity index is 974. The number of benzene rings is 2. The van der Waals surface area contributed by atoms with Crippen LogP contribution in [0.15, 0.2) is 72.4 Å². The van der Waals surface area contributed by atoms with Crippen molar-refractivity contribution >= 4 is 27.9 Å². The van der Waals surface area contributed by atoms with Gasteiger partial charge in [0, 0.05) is 23.5 Å². The molecular formula is C18H13N3O2S. The van der Waals surface area contributed by atoms with E-state index in [9.17, 15) is 4.79 Å². The number of aromatic nitrogens is 2. The third kappa shape index (κ3) is 2.87. The molecule has 1 amide bonds. The highest BCUT2D eigenvalue weighted by Gasteiger charge is 2.12. The van der Waals surface area contributed by atoms with Crippen molar-refractivity contribution in [1.82, 2.24) is 9.38 Å². The van der Waals surface area contributed by atoms with Gasteiger partial charge in [0.25, 0.3) is 5.91 Å². The quantitative estimate of drug-likeness (QED) is 0.600. The molecule has 6 heteroatoms. The molecule has 5 nitrogen and oxygen atoms in total. The van der Waals surface area contributed by atoms with Crippen molar-refractivity contribution in [3.8, 4) is 11.5 Å². The minimum absolute atomic E-state index is 0.170. The Morgan fingerprint density at radius 1 is 1.04 bits per heavy atom. The zero-order valence-electron chi connectivity index (χ0n) is 12.5. The summed E-state index contributed by atoms with van der Waals surface area (Å²) in [7, 11) is 0. The summed E-state index contributed by atoms with van der Waals surface area (Å²) in [5.41, 5.74) is 1.27. The van der Waals surface area contributed by atoms with Crippen molar-refractivity contribution in [2.75, 3.05) is 5.32 Å².